The van der Waals surface area contributed by atoms with Crippen molar-refractivity contribution in [2.75, 3.05) is 0 Å². The van der Waals surface area contributed by atoms with Crippen LogP contribution in [0.1, 0.15) is 35.3 Å². The van der Waals surface area contributed by atoms with E-state index in [1.165, 1.54) is 0 Å². The maximum Gasteiger partial charge on any atom is 0.201 e. The van der Waals surface area contributed by atoms with Gasteiger partial charge in [0.1, 0.15) is 24.3 Å². The number of aromatic nitrogens is 8. The molecule has 0 saturated carbocycles. The highest BCUT2D eigenvalue weighted by molar-refractivity contribution is 6.03. The fraction of sp³-hybridized carbons (Fsp3) is 0.0435. The van der Waals surface area contributed by atoms with E-state index in [1.807, 2.05) is 12.1 Å². The quantitative estimate of drug-likeness (QED) is 0.268. The van der Waals surface area contributed by atoms with Crippen molar-refractivity contribution in [3.05, 3.63) is 46.5 Å². The van der Waals surface area contributed by atoms with Crippen LogP contribution in [0, 0.1) is 45.3 Å². The highest BCUT2D eigenvalue weighted by atomic mass is 15.1. The first kappa shape index (κ1) is 22.4. The van der Waals surface area contributed by atoms with Gasteiger partial charge in [-0.25, -0.2) is 49.9 Å². The molecule has 5 aromatic rings. The summed E-state index contributed by atoms with van der Waals surface area (Å²) in [4.78, 5) is 41.9. The summed E-state index contributed by atoms with van der Waals surface area (Å²) in [7, 11) is 0. The number of nitrogens with zero attached hydrogens (tertiary/aromatic N) is 14. The van der Waals surface area contributed by atoms with Gasteiger partial charge in [0.15, 0.2) is 45.7 Å². The zero-order chi connectivity index (χ0) is 26.1. The molecule has 14 heteroatoms. The van der Waals surface area contributed by atoms with E-state index in [-0.39, 0.29) is 57.0 Å². The number of rotatable bonds is 3. The van der Waals surface area contributed by atoms with Crippen molar-refractivity contribution in [3.63, 3.8) is 0 Å². The maximum absolute atomic E-state index is 9.22. The average molecular weight is 480 g/mol. The summed E-state index contributed by atoms with van der Waals surface area (Å²) < 4.78 is 0. The van der Waals surface area contributed by atoms with Gasteiger partial charge in [-0.05, 0) is 31.3 Å². The summed E-state index contributed by atoms with van der Waals surface area (Å²) in [6.45, 7) is 5.22. The van der Waals surface area contributed by atoms with Crippen molar-refractivity contribution >= 4 is 57.7 Å². The molecule has 5 rings (SSSR count). The van der Waals surface area contributed by atoms with E-state index in [0.717, 1.165) is 0 Å². The summed E-state index contributed by atoms with van der Waals surface area (Å²) in [6.07, 6.45) is 0. The first-order chi connectivity index (χ1) is 18.0. The lowest BCUT2D eigenvalue weighted by Crippen LogP contribution is -2.02. The van der Waals surface area contributed by atoms with Crippen LogP contribution in [-0.4, -0.2) is 52.3 Å². The lowest BCUT2D eigenvalue weighted by Gasteiger charge is -2.06. The molecule has 0 aliphatic carbocycles. The van der Waals surface area contributed by atoms with Gasteiger partial charge in [-0.1, -0.05) is 6.07 Å². The molecule has 0 aliphatic rings. The molecule has 0 bridgehead atoms. The van der Waals surface area contributed by atoms with Gasteiger partial charge in [-0.15, -0.1) is 0 Å². The maximum atomic E-state index is 9.22. The summed E-state index contributed by atoms with van der Waals surface area (Å²) in [5.74, 6) is 0.148. The Bertz CT molecular complexity index is 2020. The Kier molecular flexibility index (Phi) is 5.31. The van der Waals surface area contributed by atoms with Crippen molar-refractivity contribution in [2.45, 2.75) is 6.92 Å². The minimum atomic E-state index is -0.180. The Morgan fingerprint density at radius 3 is 1.59 bits per heavy atom. The SMILES string of the molecule is C=Nc1nc2nc(C#N)c(C#N)nc2nc1N=C(C)c1ccc2nc3nc(C#N)c(C#N)nc3nc2c1. The monoisotopic (exact) mass is 480 g/mol. The molecular formula is C23H8N14. The fourth-order valence-electron chi connectivity index (χ4n) is 3.31. The first-order valence-electron chi connectivity index (χ1n) is 10.2. The Morgan fingerprint density at radius 2 is 1.11 bits per heavy atom. The fourth-order valence-corrected chi connectivity index (χ4v) is 3.31. The standard InChI is InChI=1S/C23H8N14/c1-10(29-19-18(28-2)36-22-23(37-19)35-17(9-27)16(8-26)34-22)11-3-4-12-13(5-11)31-21-20(30-12)32-14(6-24)15(7-25)33-21/h3-5H,2H2,1H3. The molecule has 0 amide bonds. The van der Waals surface area contributed by atoms with Gasteiger partial charge in [-0.2, -0.15) is 21.0 Å². The first-order valence-corrected chi connectivity index (χ1v) is 10.2. The van der Waals surface area contributed by atoms with Crippen LogP contribution in [0.15, 0.2) is 28.2 Å². The van der Waals surface area contributed by atoms with Crippen molar-refractivity contribution in [3.8, 4) is 24.3 Å². The largest absolute Gasteiger partial charge is 0.242 e. The highest BCUT2D eigenvalue weighted by Crippen LogP contribution is 2.26. The molecular weight excluding hydrogens is 472 g/mol. The molecule has 1 aromatic carbocycles. The minimum absolute atomic E-state index is 0.0222. The summed E-state index contributed by atoms with van der Waals surface area (Å²) in [5.41, 5.74) is 1.82. The van der Waals surface area contributed by atoms with Crippen LogP contribution in [0.25, 0.3) is 33.6 Å². The molecule has 0 atom stereocenters. The topological polar surface area (TPSA) is 223 Å². The van der Waals surface area contributed by atoms with Crippen molar-refractivity contribution < 1.29 is 0 Å². The van der Waals surface area contributed by atoms with E-state index in [2.05, 4.69) is 56.6 Å². The zero-order valence-corrected chi connectivity index (χ0v) is 18.7. The van der Waals surface area contributed by atoms with Crippen LogP contribution in [-0.2, 0) is 0 Å². The normalized spacial score (nSPS) is 11.0. The molecule has 0 unspecified atom stereocenters. The van der Waals surface area contributed by atoms with Crippen LogP contribution < -0.4 is 0 Å². The average Bonchev–Trinajstić information content (AvgIpc) is 2.93. The Balaban J connectivity index is 1.62. The molecule has 0 radical (unpaired) electrons. The minimum Gasteiger partial charge on any atom is -0.242 e. The molecule has 0 spiro atoms. The van der Waals surface area contributed by atoms with E-state index in [1.54, 1.807) is 37.3 Å². The van der Waals surface area contributed by atoms with E-state index in [0.29, 0.717) is 22.3 Å². The highest BCUT2D eigenvalue weighted by Gasteiger charge is 2.15. The third kappa shape index (κ3) is 3.85. The molecule has 4 heterocycles. The van der Waals surface area contributed by atoms with E-state index >= 15 is 0 Å². The number of benzene rings is 1. The lowest BCUT2D eigenvalue weighted by molar-refractivity contribution is 1.10. The molecule has 37 heavy (non-hydrogen) atoms. The lowest BCUT2D eigenvalue weighted by atomic mass is 10.1. The van der Waals surface area contributed by atoms with Gasteiger partial charge < -0.3 is 0 Å². The van der Waals surface area contributed by atoms with Crippen LogP contribution in [0.4, 0.5) is 11.6 Å². The molecule has 14 nitrogen and oxygen atoms in total. The number of aliphatic imine (C=N–C) groups is 2. The molecule has 0 fully saturated rings. The third-order valence-electron chi connectivity index (χ3n) is 5.04. The summed E-state index contributed by atoms with van der Waals surface area (Å²) in [6, 6.07) is 12.4. The molecule has 170 valence electrons. The number of fused-ring (bicyclic) bond motifs is 3. The van der Waals surface area contributed by atoms with E-state index in [9.17, 15) is 10.5 Å². The smallest absolute Gasteiger partial charge is 0.201 e. The number of nitriles is 4. The van der Waals surface area contributed by atoms with Gasteiger partial charge in [0.05, 0.1) is 11.0 Å². The van der Waals surface area contributed by atoms with Crippen LogP contribution in [0.5, 0.6) is 0 Å². The van der Waals surface area contributed by atoms with Gasteiger partial charge in [0.25, 0.3) is 0 Å². The molecule has 0 saturated heterocycles. The molecule has 4 aromatic heterocycles. The van der Waals surface area contributed by atoms with E-state index in [4.69, 9.17) is 10.5 Å². The third-order valence-corrected chi connectivity index (χ3v) is 5.04. The van der Waals surface area contributed by atoms with Crippen LogP contribution in [0.2, 0.25) is 0 Å². The molecule has 0 N–H and O–H groups in total. The predicted molar refractivity (Wildman–Crippen MR) is 128 cm³/mol. The van der Waals surface area contributed by atoms with E-state index < -0.39 is 0 Å². The Labute approximate surface area is 206 Å². The van der Waals surface area contributed by atoms with Crippen LogP contribution in [0.3, 0.4) is 0 Å². The Morgan fingerprint density at radius 1 is 0.649 bits per heavy atom. The zero-order valence-electron chi connectivity index (χ0n) is 18.7. The second-order valence-electron chi connectivity index (χ2n) is 7.24. The molecule has 0 aliphatic heterocycles. The number of hydrogen-bond acceptors (Lipinski definition) is 14. The van der Waals surface area contributed by atoms with Gasteiger partial charge in [-0.3, -0.25) is 0 Å². The van der Waals surface area contributed by atoms with Gasteiger partial charge in [0, 0.05) is 5.71 Å². The van der Waals surface area contributed by atoms with Crippen LogP contribution >= 0.6 is 0 Å². The summed E-state index contributed by atoms with van der Waals surface area (Å²) in [5, 5.41) is 36.8. The van der Waals surface area contributed by atoms with Gasteiger partial charge in [0.2, 0.25) is 11.3 Å². The van der Waals surface area contributed by atoms with Crippen molar-refractivity contribution in [2.24, 2.45) is 9.98 Å². The number of hydrogen-bond donors (Lipinski definition) is 0. The van der Waals surface area contributed by atoms with Crippen molar-refractivity contribution in [1.29, 1.82) is 21.0 Å². The summed E-state index contributed by atoms with van der Waals surface area (Å²) >= 11 is 0. The second-order valence-corrected chi connectivity index (χ2v) is 7.24. The predicted octanol–water partition coefficient (Wildman–Crippen LogP) is 2.27. The van der Waals surface area contributed by atoms with Gasteiger partial charge >= 0.3 is 0 Å². The Hall–Kier alpha value is -6.38. The van der Waals surface area contributed by atoms with Crippen molar-refractivity contribution in [1.82, 2.24) is 39.9 Å². The second kappa shape index (κ2) is 8.76.